The number of unbranched alkanes of at least 4 members (excludes halogenated alkanes) is 17. The molecule has 0 spiro atoms. The second-order valence-corrected chi connectivity index (χ2v) is 31.1. The Morgan fingerprint density at radius 3 is 1.34 bits per heavy atom. The predicted molar refractivity (Wildman–Crippen MR) is 273 cm³/mol. The number of allylic oxidation sites excluding steroid dienone is 2. The van der Waals surface area contributed by atoms with Gasteiger partial charge in [0, 0.05) is 12.2 Å². The van der Waals surface area contributed by atoms with Crippen molar-refractivity contribution in [2.75, 3.05) is 20.6 Å². The van der Waals surface area contributed by atoms with Gasteiger partial charge in [-0.2, -0.15) is 0 Å². The molecule has 0 aromatic carbocycles. The molecule has 362 valence electrons. The lowest BCUT2D eigenvalue weighted by atomic mass is 10.0. The van der Waals surface area contributed by atoms with Gasteiger partial charge in [0.25, 0.3) is 0 Å². The molecule has 0 aliphatic carbocycles. The third kappa shape index (κ3) is 32.4. The molecule has 0 aromatic rings. The summed E-state index contributed by atoms with van der Waals surface area (Å²) in [5, 5.41) is 9.87. The van der Waals surface area contributed by atoms with E-state index in [-0.39, 0.29) is 16.2 Å². The van der Waals surface area contributed by atoms with Crippen molar-refractivity contribution in [3.8, 4) is 0 Å². The van der Waals surface area contributed by atoms with Crippen LogP contribution in [0.25, 0.3) is 0 Å². The Bertz CT molecular complexity index is 1100. The van der Waals surface area contributed by atoms with Crippen LogP contribution >= 0.6 is 0 Å². The van der Waals surface area contributed by atoms with Gasteiger partial charge in [0.1, 0.15) is 6.10 Å². The Morgan fingerprint density at radius 1 is 0.541 bits per heavy atom. The van der Waals surface area contributed by atoms with Crippen LogP contribution in [-0.4, -0.2) is 71.7 Å². The summed E-state index contributed by atoms with van der Waals surface area (Å²) in [4.78, 5) is 13.7. The van der Waals surface area contributed by atoms with E-state index < -0.39 is 22.8 Å². The predicted octanol–water partition coefficient (Wildman–Crippen LogP) is 17.8. The second kappa shape index (κ2) is 35.3. The zero-order valence-electron chi connectivity index (χ0n) is 43.3. The third-order valence-corrected chi connectivity index (χ3v) is 22.9. The summed E-state index contributed by atoms with van der Waals surface area (Å²) in [7, 11) is 0.692. The molecule has 0 heterocycles. The molecule has 0 rings (SSSR count). The molecule has 0 aliphatic rings. The molecule has 0 radical (unpaired) electrons. The van der Waals surface area contributed by atoms with Crippen LogP contribution in [0.3, 0.4) is 0 Å². The van der Waals surface area contributed by atoms with Crippen molar-refractivity contribution in [1.29, 1.82) is 0 Å². The van der Waals surface area contributed by atoms with Crippen molar-refractivity contribution >= 4 is 22.8 Å². The number of carbonyl (C=O) groups is 1. The van der Waals surface area contributed by atoms with Crippen molar-refractivity contribution in [2.45, 2.75) is 289 Å². The maximum Gasteiger partial charge on any atom is 0.506 e. The van der Waals surface area contributed by atoms with Gasteiger partial charge in [0.15, 0.2) is 16.6 Å². The van der Waals surface area contributed by atoms with Gasteiger partial charge in [-0.05, 0) is 147 Å². The Balaban J connectivity index is 4.49. The number of hydrogen-bond acceptors (Lipinski definition) is 5. The SMILES string of the molecule is CCCCCC[C@H](CC=CCCCCCCCC(CCCCCCCC=CC[C@@H](CCCCCC)O[Si](C)(C)C(C)(C)CCCCN(C)C)OC(=O)O)O[Si](C)(C)C(C)(C)C. The smallest absolute Gasteiger partial charge is 0.450 e. The summed E-state index contributed by atoms with van der Waals surface area (Å²) >= 11 is 0. The van der Waals surface area contributed by atoms with E-state index in [1.807, 2.05) is 0 Å². The maximum absolute atomic E-state index is 11.4. The van der Waals surface area contributed by atoms with Crippen LogP contribution in [0.15, 0.2) is 24.3 Å². The highest BCUT2D eigenvalue weighted by Gasteiger charge is 2.42. The third-order valence-electron chi connectivity index (χ3n) is 14.0. The molecule has 0 amide bonds. The normalized spacial score (nSPS) is 14.7. The van der Waals surface area contributed by atoms with Crippen molar-refractivity contribution < 1.29 is 23.5 Å². The first-order valence-electron chi connectivity index (χ1n) is 26.0. The molecular formula is C53H107NO5Si2. The second-order valence-electron chi connectivity index (χ2n) is 21.7. The number of ether oxygens (including phenoxy) is 1. The summed E-state index contributed by atoms with van der Waals surface area (Å²) in [6.45, 7) is 27.3. The highest BCUT2D eigenvalue weighted by atomic mass is 28.4. The van der Waals surface area contributed by atoms with Gasteiger partial charge >= 0.3 is 6.16 Å². The average molecular weight is 895 g/mol. The van der Waals surface area contributed by atoms with E-state index in [0.29, 0.717) is 12.2 Å². The van der Waals surface area contributed by atoms with Crippen LogP contribution in [-0.2, 0) is 13.6 Å². The van der Waals surface area contributed by atoms with Gasteiger partial charge in [0.2, 0.25) is 0 Å². The topological polar surface area (TPSA) is 68.2 Å². The Morgan fingerprint density at radius 2 is 0.934 bits per heavy atom. The van der Waals surface area contributed by atoms with Crippen LogP contribution < -0.4 is 0 Å². The Hall–Kier alpha value is -0.936. The molecule has 0 fully saturated rings. The number of carboxylic acid groups (broad SMARTS) is 1. The van der Waals surface area contributed by atoms with Gasteiger partial charge < -0.3 is 23.6 Å². The van der Waals surface area contributed by atoms with Crippen molar-refractivity contribution in [2.24, 2.45) is 0 Å². The zero-order chi connectivity index (χ0) is 46.0. The van der Waals surface area contributed by atoms with E-state index in [4.69, 9.17) is 13.6 Å². The van der Waals surface area contributed by atoms with Crippen molar-refractivity contribution in [3.05, 3.63) is 24.3 Å². The molecule has 0 aromatic heterocycles. The minimum atomic E-state index is -1.88. The monoisotopic (exact) mass is 894 g/mol. The molecule has 1 N–H and O–H groups in total. The fourth-order valence-corrected chi connectivity index (χ4v) is 11.5. The van der Waals surface area contributed by atoms with Crippen LogP contribution in [0.2, 0.25) is 36.3 Å². The summed E-state index contributed by atoms with van der Waals surface area (Å²) in [6, 6.07) is 0. The van der Waals surface area contributed by atoms with E-state index in [9.17, 15) is 9.90 Å². The van der Waals surface area contributed by atoms with Gasteiger partial charge in [-0.1, -0.05) is 169 Å². The first-order valence-corrected chi connectivity index (χ1v) is 31.8. The lowest BCUT2D eigenvalue weighted by Crippen LogP contribution is -2.45. The van der Waals surface area contributed by atoms with Crippen LogP contribution in [0.5, 0.6) is 0 Å². The van der Waals surface area contributed by atoms with Gasteiger partial charge in [0.05, 0.1) is 0 Å². The van der Waals surface area contributed by atoms with E-state index in [1.165, 1.54) is 129 Å². The summed E-state index contributed by atoms with van der Waals surface area (Å²) in [6.07, 6.45) is 43.2. The molecule has 3 atom stereocenters. The fraction of sp³-hybridized carbons (Fsp3) is 0.906. The average Bonchev–Trinajstić information content (AvgIpc) is 3.16. The Labute approximate surface area is 383 Å². The summed E-state index contributed by atoms with van der Waals surface area (Å²) in [5.74, 6) is 0. The van der Waals surface area contributed by atoms with Crippen LogP contribution in [0.1, 0.15) is 235 Å². The molecule has 8 heteroatoms. The first-order chi connectivity index (χ1) is 28.8. The van der Waals surface area contributed by atoms with Crippen LogP contribution in [0.4, 0.5) is 4.79 Å². The summed E-state index contributed by atoms with van der Waals surface area (Å²) in [5.41, 5.74) is 0. The lowest BCUT2D eigenvalue weighted by molar-refractivity contribution is 0.0422. The molecule has 0 aliphatic heterocycles. The molecule has 0 saturated carbocycles. The van der Waals surface area contributed by atoms with Crippen LogP contribution in [0, 0.1) is 0 Å². The molecule has 0 saturated heterocycles. The molecule has 0 bridgehead atoms. The number of nitrogens with zero attached hydrogens (tertiary/aromatic N) is 1. The fourth-order valence-electron chi connectivity index (χ4n) is 7.98. The van der Waals surface area contributed by atoms with Gasteiger partial charge in [-0.3, -0.25) is 0 Å². The molecule has 6 nitrogen and oxygen atoms in total. The van der Waals surface area contributed by atoms with Gasteiger partial charge in [-0.25, -0.2) is 4.79 Å². The highest BCUT2D eigenvalue weighted by Crippen LogP contribution is 2.44. The van der Waals surface area contributed by atoms with Crippen molar-refractivity contribution in [1.82, 2.24) is 4.90 Å². The first kappa shape index (κ1) is 60.1. The quantitative estimate of drug-likeness (QED) is 0.0285. The van der Waals surface area contributed by atoms with Gasteiger partial charge in [-0.15, -0.1) is 0 Å². The maximum atomic E-state index is 11.4. The lowest BCUT2D eigenvalue weighted by Gasteiger charge is -2.42. The molecular weight excluding hydrogens is 787 g/mol. The minimum Gasteiger partial charge on any atom is -0.450 e. The highest BCUT2D eigenvalue weighted by molar-refractivity contribution is 6.74. The van der Waals surface area contributed by atoms with Crippen molar-refractivity contribution in [3.63, 3.8) is 0 Å². The van der Waals surface area contributed by atoms with E-state index in [1.54, 1.807) is 0 Å². The number of hydrogen-bond donors (Lipinski definition) is 1. The van der Waals surface area contributed by atoms with E-state index in [2.05, 4.69) is 118 Å². The molecule has 1 unspecified atom stereocenters. The zero-order valence-corrected chi connectivity index (χ0v) is 45.3. The number of rotatable bonds is 41. The molecule has 61 heavy (non-hydrogen) atoms. The summed E-state index contributed by atoms with van der Waals surface area (Å²) < 4.78 is 19.2. The largest absolute Gasteiger partial charge is 0.506 e. The van der Waals surface area contributed by atoms with E-state index in [0.717, 1.165) is 64.2 Å². The standard InChI is InChI=1S/C53H107NO5Si2/c1-14-16-18-32-42-49(58-60(10,11)52(3,4)5)44-36-30-26-22-20-24-28-34-40-48(57-51(55)56)41-35-29-25-21-23-27-31-37-45-50(43-33-19-17-15-2)59-61(12,13)53(6,7)46-38-39-47-54(8)9/h30-31,36-37,48-50H,14-29,32-35,38-47H2,1-13H3,(H,55,56)/t48?,49-,50-/m1/s1. The minimum absolute atomic E-state index is 0.161. The van der Waals surface area contributed by atoms with E-state index >= 15 is 0 Å². The Kier molecular flexibility index (Phi) is 34.8.